The molecule has 0 atom stereocenters. The molecule has 2 amide bonds. The molecule has 0 unspecified atom stereocenters. The van der Waals surface area contributed by atoms with Crippen molar-refractivity contribution in [3.05, 3.63) is 35.4 Å². The highest BCUT2D eigenvalue weighted by atomic mass is 16.6. The number of ether oxygens (including phenoxy) is 2. The monoisotopic (exact) mass is 444 g/mol. The normalized spacial score (nSPS) is 16.9. The van der Waals surface area contributed by atoms with Crippen molar-refractivity contribution in [3.8, 4) is 0 Å². The second-order valence-corrected chi connectivity index (χ2v) is 9.97. The van der Waals surface area contributed by atoms with Crippen molar-refractivity contribution in [3.63, 3.8) is 0 Å². The summed E-state index contributed by atoms with van der Waals surface area (Å²) in [7, 11) is 0. The largest absolute Gasteiger partial charge is 0.444 e. The zero-order valence-corrected chi connectivity index (χ0v) is 20.1. The van der Waals surface area contributed by atoms with Crippen molar-refractivity contribution in [1.29, 1.82) is 0 Å². The summed E-state index contributed by atoms with van der Waals surface area (Å²) in [5, 5.41) is 2.86. The van der Waals surface area contributed by atoms with Gasteiger partial charge in [0.1, 0.15) is 11.4 Å². The molecule has 8 nitrogen and oxygen atoms in total. The molecule has 1 saturated carbocycles. The van der Waals surface area contributed by atoms with Crippen LogP contribution < -0.4 is 5.32 Å². The second kappa shape index (κ2) is 9.48. The minimum Gasteiger partial charge on any atom is -0.444 e. The van der Waals surface area contributed by atoms with Gasteiger partial charge in [-0.2, -0.15) is 0 Å². The van der Waals surface area contributed by atoms with Gasteiger partial charge in [0.25, 0.3) is 0 Å². The Morgan fingerprint density at radius 3 is 2.44 bits per heavy atom. The lowest BCUT2D eigenvalue weighted by Crippen LogP contribution is -2.43. The van der Waals surface area contributed by atoms with Gasteiger partial charge in [-0.3, -0.25) is 4.79 Å². The Kier molecular flexibility index (Phi) is 7.12. The number of carbonyl (C=O) groups is 2. The highest BCUT2D eigenvalue weighted by molar-refractivity contribution is 5.68. The third-order valence-electron chi connectivity index (χ3n) is 5.50. The van der Waals surface area contributed by atoms with Gasteiger partial charge in [-0.25, -0.2) is 9.78 Å². The number of imidazole rings is 1. The maximum absolute atomic E-state index is 11.5. The quantitative estimate of drug-likeness (QED) is 0.726. The molecule has 3 heterocycles. The zero-order valence-electron chi connectivity index (χ0n) is 20.1. The summed E-state index contributed by atoms with van der Waals surface area (Å²) in [5.41, 5.74) is 2.76. The number of fused-ring (bicyclic) bond motifs is 1. The Labute approximate surface area is 190 Å². The Balaban J connectivity index is 0.000000195. The van der Waals surface area contributed by atoms with Crippen LogP contribution in [0, 0.1) is 6.92 Å². The van der Waals surface area contributed by atoms with Gasteiger partial charge < -0.3 is 24.1 Å². The maximum atomic E-state index is 11.5. The summed E-state index contributed by atoms with van der Waals surface area (Å²) < 4.78 is 12.5. The molecule has 2 aliphatic rings. The Hall–Kier alpha value is -2.61. The molecule has 8 heteroatoms. The second-order valence-electron chi connectivity index (χ2n) is 9.97. The first-order chi connectivity index (χ1) is 15.0. The van der Waals surface area contributed by atoms with Crippen LogP contribution in [0.3, 0.4) is 0 Å². The van der Waals surface area contributed by atoms with E-state index in [-0.39, 0.29) is 6.09 Å². The van der Waals surface area contributed by atoms with Crippen LogP contribution in [0.5, 0.6) is 0 Å². The van der Waals surface area contributed by atoms with Crippen LogP contribution in [-0.4, -0.2) is 58.7 Å². The standard InChI is InChI=1S/C15H19N3O.C9H17NO3/c1-10-5-4-8-18-13(10)12(11-6-7-11)17-14(18)15(2,3)16-9-19;1-9(2,3)13-8(11)10-4-6-12-7-5-10/h4-5,8-9,11H,6-7H2,1-3H3,(H,16,19);4-7H2,1-3H3. The minimum atomic E-state index is -0.467. The molecular weight excluding hydrogens is 408 g/mol. The van der Waals surface area contributed by atoms with E-state index in [1.54, 1.807) is 4.90 Å². The summed E-state index contributed by atoms with van der Waals surface area (Å²) in [6.07, 6.45) is 4.98. The van der Waals surface area contributed by atoms with Crippen LogP contribution in [-0.2, 0) is 19.8 Å². The third-order valence-corrected chi connectivity index (χ3v) is 5.50. The maximum Gasteiger partial charge on any atom is 0.410 e. The molecule has 0 aromatic carbocycles. The lowest BCUT2D eigenvalue weighted by atomic mass is 10.1. The average molecular weight is 445 g/mol. The van der Waals surface area contributed by atoms with E-state index in [1.807, 2.05) is 46.9 Å². The number of nitrogens with one attached hydrogen (secondary N) is 1. The Morgan fingerprint density at radius 1 is 1.22 bits per heavy atom. The number of aryl methyl sites for hydroxylation is 1. The van der Waals surface area contributed by atoms with E-state index >= 15 is 0 Å². The smallest absolute Gasteiger partial charge is 0.410 e. The number of hydrogen-bond donors (Lipinski definition) is 1. The molecule has 32 heavy (non-hydrogen) atoms. The number of pyridine rings is 1. The van der Waals surface area contributed by atoms with Crippen LogP contribution in [0.4, 0.5) is 4.79 Å². The minimum absolute atomic E-state index is 0.240. The third kappa shape index (κ3) is 5.79. The van der Waals surface area contributed by atoms with E-state index in [9.17, 15) is 9.59 Å². The van der Waals surface area contributed by atoms with Gasteiger partial charge in [0.05, 0.1) is 30.0 Å². The molecule has 2 fully saturated rings. The molecule has 0 radical (unpaired) electrons. The van der Waals surface area contributed by atoms with Gasteiger partial charge in [0, 0.05) is 25.2 Å². The molecule has 1 N–H and O–H groups in total. The first-order valence-electron chi connectivity index (χ1n) is 11.3. The highest BCUT2D eigenvalue weighted by Crippen LogP contribution is 2.43. The van der Waals surface area contributed by atoms with E-state index in [2.05, 4.69) is 22.7 Å². The van der Waals surface area contributed by atoms with Crippen molar-refractivity contribution < 1.29 is 19.1 Å². The predicted molar refractivity (Wildman–Crippen MR) is 123 cm³/mol. The van der Waals surface area contributed by atoms with Gasteiger partial charge in [-0.15, -0.1) is 0 Å². The number of hydrogen-bond acceptors (Lipinski definition) is 5. The van der Waals surface area contributed by atoms with Crippen molar-refractivity contribution >= 4 is 18.0 Å². The summed E-state index contributed by atoms with van der Waals surface area (Å²) in [4.78, 5) is 28.8. The molecule has 1 saturated heterocycles. The number of rotatable bonds is 4. The topological polar surface area (TPSA) is 85.2 Å². The first-order valence-corrected chi connectivity index (χ1v) is 11.3. The van der Waals surface area contributed by atoms with E-state index in [0.717, 1.165) is 12.2 Å². The predicted octanol–water partition coefficient (Wildman–Crippen LogP) is 3.75. The summed E-state index contributed by atoms with van der Waals surface area (Å²) in [6, 6.07) is 4.15. The van der Waals surface area contributed by atoms with Crippen LogP contribution in [0.25, 0.3) is 5.52 Å². The van der Waals surface area contributed by atoms with E-state index < -0.39 is 11.1 Å². The number of carbonyl (C=O) groups excluding carboxylic acids is 2. The van der Waals surface area contributed by atoms with E-state index in [1.165, 1.54) is 29.6 Å². The zero-order chi connectivity index (χ0) is 23.5. The SMILES string of the molecule is CC(C)(C)OC(=O)N1CCOCC1.Cc1cccn2c(C(C)(C)NC=O)nc(C3CC3)c12. The lowest BCUT2D eigenvalue weighted by Gasteiger charge is -2.29. The molecule has 1 aliphatic heterocycles. The number of aromatic nitrogens is 2. The summed E-state index contributed by atoms with van der Waals surface area (Å²) >= 11 is 0. The molecule has 4 rings (SSSR count). The van der Waals surface area contributed by atoms with Crippen LogP contribution in [0.15, 0.2) is 18.3 Å². The van der Waals surface area contributed by atoms with Crippen molar-refractivity contribution in [2.24, 2.45) is 0 Å². The van der Waals surface area contributed by atoms with Gasteiger partial charge >= 0.3 is 6.09 Å². The van der Waals surface area contributed by atoms with Crippen LogP contribution >= 0.6 is 0 Å². The van der Waals surface area contributed by atoms with Gasteiger partial charge in [0.15, 0.2) is 0 Å². The fourth-order valence-corrected chi connectivity index (χ4v) is 3.71. The van der Waals surface area contributed by atoms with Crippen LogP contribution in [0.2, 0.25) is 0 Å². The Bertz CT molecular complexity index is 951. The Morgan fingerprint density at radius 2 is 1.88 bits per heavy atom. The molecule has 0 spiro atoms. The molecule has 176 valence electrons. The van der Waals surface area contributed by atoms with Crippen molar-refractivity contribution in [2.75, 3.05) is 26.3 Å². The molecular formula is C24H36N4O4. The molecule has 1 aliphatic carbocycles. The average Bonchev–Trinajstić information content (AvgIpc) is 3.48. The van der Waals surface area contributed by atoms with Gasteiger partial charge in [0.2, 0.25) is 6.41 Å². The number of nitrogens with zero attached hydrogens (tertiary/aromatic N) is 3. The first kappa shape index (κ1) is 24.0. The van der Waals surface area contributed by atoms with Crippen LogP contribution in [0.1, 0.15) is 70.5 Å². The summed E-state index contributed by atoms with van der Waals surface area (Å²) in [6.45, 7) is 14.2. The fraction of sp³-hybridized carbons (Fsp3) is 0.625. The molecule has 2 aromatic rings. The van der Waals surface area contributed by atoms with Gasteiger partial charge in [-0.05, 0) is 66.0 Å². The summed E-state index contributed by atoms with van der Waals surface area (Å²) in [5.74, 6) is 1.50. The molecule has 2 aromatic heterocycles. The van der Waals surface area contributed by atoms with E-state index in [0.29, 0.717) is 32.2 Å². The van der Waals surface area contributed by atoms with Crippen molar-refractivity contribution in [1.82, 2.24) is 19.6 Å². The highest BCUT2D eigenvalue weighted by Gasteiger charge is 2.33. The number of morpholine rings is 1. The van der Waals surface area contributed by atoms with E-state index in [4.69, 9.17) is 14.5 Å². The molecule has 0 bridgehead atoms. The fourth-order valence-electron chi connectivity index (χ4n) is 3.71. The lowest BCUT2D eigenvalue weighted by molar-refractivity contribution is -0.111. The van der Waals surface area contributed by atoms with Crippen molar-refractivity contribution in [2.45, 2.75) is 71.4 Å². The number of amides is 2. The van der Waals surface area contributed by atoms with Gasteiger partial charge in [-0.1, -0.05) is 6.07 Å².